The molecule has 1 aromatic carbocycles. The summed E-state index contributed by atoms with van der Waals surface area (Å²) in [6.07, 6.45) is 1.85. The molecule has 0 unspecified atom stereocenters. The number of fused-ring (bicyclic) bond motifs is 1. The lowest BCUT2D eigenvalue weighted by Crippen LogP contribution is -2.41. The Balaban J connectivity index is 1.52. The van der Waals surface area contributed by atoms with Crippen molar-refractivity contribution in [3.05, 3.63) is 41.2 Å². The van der Waals surface area contributed by atoms with Gasteiger partial charge in [0.2, 0.25) is 5.91 Å². The minimum atomic E-state index is -0.690. The number of ether oxygens (including phenoxy) is 1. The zero-order chi connectivity index (χ0) is 23.8. The fraction of sp³-hybridized carbons (Fsp3) is 0.542. The maximum Gasteiger partial charge on any atom is 0.219 e. The summed E-state index contributed by atoms with van der Waals surface area (Å²) in [5, 5.41) is 3.48. The molecular formula is C24H31F2N5O2. The molecule has 1 amide bonds. The molecule has 33 heavy (non-hydrogen) atoms. The van der Waals surface area contributed by atoms with E-state index in [1.54, 1.807) is 11.8 Å². The third-order valence-electron chi connectivity index (χ3n) is 5.86. The third-order valence-corrected chi connectivity index (χ3v) is 5.86. The molecule has 3 heterocycles. The van der Waals surface area contributed by atoms with Crippen molar-refractivity contribution < 1.29 is 18.3 Å². The second-order valence-electron chi connectivity index (χ2n) is 9.73. The predicted octanol–water partition coefficient (Wildman–Crippen LogP) is 3.92. The van der Waals surface area contributed by atoms with Gasteiger partial charge in [0.15, 0.2) is 23.2 Å². The van der Waals surface area contributed by atoms with Crippen LogP contribution in [0, 0.1) is 11.6 Å². The standard InChI is InChI=1S/C24H31F2N5O2/c1-15(32)31-12-9-19-20(14-31)28-23(22(27-19)29-24(2,3)4)30-10-7-17(8-11-30)33-21-6-5-16(25)13-18(21)26/h5-6,13,17H,7-12,14H2,1-4H3,(H,27,29). The summed E-state index contributed by atoms with van der Waals surface area (Å²) in [6.45, 7) is 10.2. The number of carbonyl (C=O) groups excluding carboxylic acids is 1. The van der Waals surface area contributed by atoms with Crippen LogP contribution in [0.3, 0.4) is 0 Å². The molecule has 0 bridgehead atoms. The summed E-state index contributed by atoms with van der Waals surface area (Å²) < 4.78 is 32.9. The van der Waals surface area contributed by atoms with Crippen molar-refractivity contribution in [2.24, 2.45) is 0 Å². The molecule has 2 aliphatic heterocycles. The molecule has 2 aromatic rings. The first-order chi connectivity index (χ1) is 15.6. The van der Waals surface area contributed by atoms with Crippen LogP contribution in [0.1, 0.15) is 51.9 Å². The van der Waals surface area contributed by atoms with E-state index in [-0.39, 0.29) is 23.3 Å². The molecule has 0 atom stereocenters. The number of piperidine rings is 1. The molecule has 1 fully saturated rings. The Bertz CT molecular complexity index is 1030. The largest absolute Gasteiger partial charge is 0.487 e. The molecule has 0 aliphatic carbocycles. The highest BCUT2D eigenvalue weighted by molar-refractivity contribution is 5.73. The molecule has 2 aliphatic rings. The summed E-state index contributed by atoms with van der Waals surface area (Å²) >= 11 is 0. The Morgan fingerprint density at radius 2 is 1.85 bits per heavy atom. The van der Waals surface area contributed by atoms with Crippen LogP contribution in [-0.2, 0) is 17.8 Å². The normalized spacial score (nSPS) is 17.0. The fourth-order valence-corrected chi connectivity index (χ4v) is 4.19. The van der Waals surface area contributed by atoms with Gasteiger partial charge in [0.05, 0.1) is 17.9 Å². The lowest BCUT2D eigenvalue weighted by atomic mass is 10.1. The molecular weight excluding hydrogens is 428 g/mol. The van der Waals surface area contributed by atoms with Crippen molar-refractivity contribution in [1.82, 2.24) is 14.9 Å². The summed E-state index contributed by atoms with van der Waals surface area (Å²) in [6, 6.07) is 3.37. The summed E-state index contributed by atoms with van der Waals surface area (Å²) in [5.74, 6) is 0.296. The Kier molecular flexibility index (Phi) is 6.41. The Labute approximate surface area is 193 Å². The van der Waals surface area contributed by atoms with Crippen molar-refractivity contribution in [2.75, 3.05) is 29.9 Å². The number of carbonyl (C=O) groups is 1. The van der Waals surface area contributed by atoms with Crippen LogP contribution in [0.15, 0.2) is 18.2 Å². The van der Waals surface area contributed by atoms with Crippen LogP contribution in [0.4, 0.5) is 20.4 Å². The number of rotatable bonds is 4. The average Bonchev–Trinajstić information content (AvgIpc) is 2.74. The van der Waals surface area contributed by atoms with Crippen LogP contribution in [-0.4, -0.2) is 52.1 Å². The van der Waals surface area contributed by atoms with Crippen LogP contribution in [0.25, 0.3) is 0 Å². The Morgan fingerprint density at radius 1 is 1.12 bits per heavy atom. The van der Waals surface area contributed by atoms with E-state index >= 15 is 0 Å². The van der Waals surface area contributed by atoms with E-state index in [0.717, 1.165) is 29.1 Å². The van der Waals surface area contributed by atoms with Gasteiger partial charge in [0, 0.05) is 57.4 Å². The van der Waals surface area contributed by atoms with Crippen molar-refractivity contribution in [2.45, 2.75) is 65.1 Å². The Morgan fingerprint density at radius 3 is 2.48 bits per heavy atom. The molecule has 178 valence electrons. The summed E-state index contributed by atoms with van der Waals surface area (Å²) in [4.78, 5) is 25.7. The van der Waals surface area contributed by atoms with Gasteiger partial charge in [-0.1, -0.05) is 0 Å². The summed E-state index contributed by atoms with van der Waals surface area (Å²) in [7, 11) is 0. The van der Waals surface area contributed by atoms with E-state index in [9.17, 15) is 13.6 Å². The van der Waals surface area contributed by atoms with Crippen LogP contribution in [0.5, 0.6) is 5.75 Å². The number of anilines is 2. The van der Waals surface area contributed by atoms with Gasteiger partial charge in [0.1, 0.15) is 11.9 Å². The molecule has 1 aromatic heterocycles. The average molecular weight is 460 g/mol. The van der Waals surface area contributed by atoms with Gasteiger partial charge in [0.25, 0.3) is 0 Å². The molecule has 0 radical (unpaired) electrons. The van der Waals surface area contributed by atoms with Gasteiger partial charge in [-0.15, -0.1) is 0 Å². The lowest BCUT2D eigenvalue weighted by molar-refractivity contribution is -0.129. The highest BCUT2D eigenvalue weighted by atomic mass is 19.1. The van der Waals surface area contributed by atoms with E-state index in [1.807, 2.05) is 0 Å². The van der Waals surface area contributed by atoms with E-state index < -0.39 is 11.6 Å². The molecule has 1 saturated heterocycles. The molecule has 7 nitrogen and oxygen atoms in total. The molecule has 0 spiro atoms. The topological polar surface area (TPSA) is 70.6 Å². The maximum absolute atomic E-state index is 14.0. The molecule has 0 saturated carbocycles. The molecule has 4 rings (SSSR count). The van der Waals surface area contributed by atoms with Crippen molar-refractivity contribution in [1.29, 1.82) is 0 Å². The second kappa shape index (κ2) is 9.11. The quantitative estimate of drug-likeness (QED) is 0.748. The number of aromatic nitrogens is 2. The fourth-order valence-electron chi connectivity index (χ4n) is 4.19. The van der Waals surface area contributed by atoms with Crippen molar-refractivity contribution in [3.8, 4) is 5.75 Å². The molecule has 9 heteroatoms. The maximum atomic E-state index is 14.0. The number of hydrogen-bond acceptors (Lipinski definition) is 6. The Hall–Kier alpha value is -2.97. The number of amides is 1. The first-order valence-electron chi connectivity index (χ1n) is 11.4. The van der Waals surface area contributed by atoms with Gasteiger partial charge in [-0.25, -0.2) is 18.7 Å². The minimum Gasteiger partial charge on any atom is -0.487 e. The van der Waals surface area contributed by atoms with Crippen molar-refractivity contribution >= 4 is 17.5 Å². The first-order valence-corrected chi connectivity index (χ1v) is 11.4. The predicted molar refractivity (Wildman–Crippen MR) is 122 cm³/mol. The summed E-state index contributed by atoms with van der Waals surface area (Å²) in [5.41, 5.74) is 1.56. The first kappa shape index (κ1) is 23.2. The minimum absolute atomic E-state index is 0.0341. The third kappa shape index (κ3) is 5.51. The van der Waals surface area contributed by atoms with Crippen LogP contribution in [0.2, 0.25) is 0 Å². The highest BCUT2D eigenvalue weighted by Gasteiger charge is 2.29. The van der Waals surface area contributed by atoms with Gasteiger partial charge in [-0.05, 0) is 32.9 Å². The zero-order valence-corrected chi connectivity index (χ0v) is 19.6. The van der Waals surface area contributed by atoms with Crippen LogP contribution < -0.4 is 15.0 Å². The van der Waals surface area contributed by atoms with E-state index in [0.29, 0.717) is 45.4 Å². The smallest absolute Gasteiger partial charge is 0.219 e. The van der Waals surface area contributed by atoms with E-state index in [4.69, 9.17) is 14.7 Å². The number of nitrogens with one attached hydrogen (secondary N) is 1. The van der Waals surface area contributed by atoms with Crippen LogP contribution >= 0.6 is 0 Å². The zero-order valence-electron chi connectivity index (χ0n) is 19.6. The van der Waals surface area contributed by atoms with Gasteiger partial charge >= 0.3 is 0 Å². The number of halogens is 2. The number of benzene rings is 1. The molecule has 1 N–H and O–H groups in total. The number of nitrogens with zero attached hydrogens (tertiary/aromatic N) is 4. The lowest BCUT2D eigenvalue weighted by Gasteiger charge is -2.36. The highest BCUT2D eigenvalue weighted by Crippen LogP contribution is 2.31. The van der Waals surface area contributed by atoms with Gasteiger partial charge in [-0.3, -0.25) is 4.79 Å². The van der Waals surface area contributed by atoms with E-state index in [1.165, 1.54) is 12.1 Å². The SMILES string of the molecule is CC(=O)N1CCc2nc(NC(C)(C)C)c(N3CCC(Oc4ccc(F)cc4F)CC3)nc2C1. The monoisotopic (exact) mass is 459 g/mol. The van der Waals surface area contributed by atoms with Gasteiger partial charge in [-0.2, -0.15) is 0 Å². The van der Waals surface area contributed by atoms with E-state index in [2.05, 4.69) is 31.0 Å². The number of hydrogen-bond donors (Lipinski definition) is 1. The second-order valence-corrected chi connectivity index (χ2v) is 9.73. The van der Waals surface area contributed by atoms with Gasteiger partial charge < -0.3 is 19.9 Å². The van der Waals surface area contributed by atoms with Crippen molar-refractivity contribution in [3.63, 3.8) is 0 Å².